The van der Waals surface area contributed by atoms with Gasteiger partial charge < -0.3 is 4.90 Å². The molecule has 226 valence electrons. The van der Waals surface area contributed by atoms with Gasteiger partial charge in [-0.25, -0.2) is 9.78 Å². The first-order valence-corrected chi connectivity index (χ1v) is 15.8. The highest BCUT2D eigenvalue weighted by Gasteiger charge is 2.24. The van der Waals surface area contributed by atoms with Crippen molar-refractivity contribution in [2.45, 2.75) is 72.8 Å². The number of aryl methyl sites for hydroxylation is 2. The second-order valence-corrected chi connectivity index (χ2v) is 12.4. The number of likely N-dealkylation sites (tertiary alicyclic amines) is 1. The topological polar surface area (TPSA) is 97.0 Å². The van der Waals surface area contributed by atoms with Crippen molar-refractivity contribution in [3.05, 3.63) is 92.1 Å². The summed E-state index contributed by atoms with van der Waals surface area (Å²) in [5.41, 5.74) is 5.15. The Morgan fingerprint density at radius 3 is 2.40 bits per heavy atom. The Bertz CT molecular complexity index is 1680. The largest absolute Gasteiger partial charge is 0.439 e. The fraction of sp³-hybridized carbons (Fsp3) is 0.441. The van der Waals surface area contributed by atoms with Crippen molar-refractivity contribution in [1.29, 1.82) is 0 Å². The van der Waals surface area contributed by atoms with Gasteiger partial charge in [-0.05, 0) is 54.7 Å². The molecule has 43 heavy (non-hydrogen) atoms. The molecule has 0 amide bonds. The lowest BCUT2D eigenvalue weighted by Crippen LogP contribution is -2.41. The Kier molecular flexibility index (Phi) is 9.70. The molecule has 0 aliphatic carbocycles. The Morgan fingerprint density at radius 1 is 1.07 bits per heavy atom. The highest BCUT2D eigenvalue weighted by Crippen LogP contribution is 2.30. The predicted octanol–water partition coefficient (Wildman–Crippen LogP) is 6.19. The smallest absolute Gasteiger partial charge is 0.366 e. The first kappa shape index (κ1) is 30.6. The summed E-state index contributed by atoms with van der Waals surface area (Å²) in [6.45, 7) is 11.0. The lowest BCUT2D eigenvalue weighted by molar-refractivity contribution is 0.220. The standard InChI is InChI=1S/C34H41N5O3S/c1-5-6-11-30-35-23(4)29(20-31(43)38-18-16-25(17-19-38)22(2)3)33(40)39(30)21-24-12-14-26(15-13-24)27-9-7-8-10-28(27)32-36-34(41)42-37-32/h7-10,12-15,22,25H,5-6,11,16-21H2,1-4H3,(H,36,37,41). The molecule has 2 aromatic carbocycles. The monoisotopic (exact) mass is 599 g/mol. The van der Waals surface area contributed by atoms with Crippen LogP contribution in [-0.4, -0.2) is 42.7 Å². The number of hydrogen-bond acceptors (Lipinski definition) is 6. The van der Waals surface area contributed by atoms with E-state index in [0.29, 0.717) is 30.3 Å². The van der Waals surface area contributed by atoms with Gasteiger partial charge in [-0.15, -0.1) is 0 Å². The minimum atomic E-state index is -0.591. The summed E-state index contributed by atoms with van der Waals surface area (Å²) in [5, 5.41) is 3.86. The zero-order valence-electron chi connectivity index (χ0n) is 25.6. The van der Waals surface area contributed by atoms with Gasteiger partial charge in [0.2, 0.25) is 0 Å². The molecule has 0 bridgehead atoms. The Labute approximate surface area is 258 Å². The summed E-state index contributed by atoms with van der Waals surface area (Å²) in [7, 11) is 0. The summed E-state index contributed by atoms with van der Waals surface area (Å²) >= 11 is 5.88. The number of thiocarbonyl (C=S) groups is 1. The summed E-state index contributed by atoms with van der Waals surface area (Å²) in [6.07, 6.45) is 5.49. The number of rotatable bonds is 10. The van der Waals surface area contributed by atoms with Crippen LogP contribution in [0.15, 0.2) is 62.6 Å². The van der Waals surface area contributed by atoms with Crippen molar-refractivity contribution in [3.63, 3.8) is 0 Å². The Balaban J connectivity index is 1.40. The molecular formula is C34H41N5O3S. The number of nitrogens with one attached hydrogen (secondary N) is 1. The maximum Gasteiger partial charge on any atom is 0.439 e. The number of aromatic nitrogens is 4. The zero-order chi connectivity index (χ0) is 30.5. The van der Waals surface area contributed by atoms with E-state index in [4.69, 9.17) is 21.7 Å². The summed E-state index contributed by atoms with van der Waals surface area (Å²) in [5.74, 6) is 2.04. The van der Waals surface area contributed by atoms with Gasteiger partial charge in [0.25, 0.3) is 5.56 Å². The quantitative estimate of drug-likeness (QED) is 0.217. The molecule has 3 heterocycles. The van der Waals surface area contributed by atoms with Crippen LogP contribution in [0.5, 0.6) is 0 Å². The first-order chi connectivity index (χ1) is 20.7. The van der Waals surface area contributed by atoms with E-state index < -0.39 is 5.76 Å². The molecule has 1 fully saturated rings. The van der Waals surface area contributed by atoms with Gasteiger partial charge in [-0.3, -0.25) is 18.9 Å². The van der Waals surface area contributed by atoms with Crippen LogP contribution in [0.4, 0.5) is 0 Å². The van der Waals surface area contributed by atoms with Gasteiger partial charge in [0, 0.05) is 42.8 Å². The number of hydrogen-bond donors (Lipinski definition) is 1. The van der Waals surface area contributed by atoms with Crippen molar-refractivity contribution in [1.82, 2.24) is 24.6 Å². The molecule has 4 aromatic rings. The average molecular weight is 600 g/mol. The molecule has 5 rings (SSSR count). The molecule has 0 radical (unpaired) electrons. The summed E-state index contributed by atoms with van der Waals surface area (Å²) < 4.78 is 6.57. The van der Waals surface area contributed by atoms with Crippen molar-refractivity contribution in [2.24, 2.45) is 11.8 Å². The predicted molar refractivity (Wildman–Crippen MR) is 174 cm³/mol. The van der Waals surface area contributed by atoms with E-state index in [1.165, 1.54) is 0 Å². The highest BCUT2D eigenvalue weighted by molar-refractivity contribution is 7.80. The van der Waals surface area contributed by atoms with E-state index in [-0.39, 0.29) is 5.56 Å². The van der Waals surface area contributed by atoms with Gasteiger partial charge in [0.15, 0.2) is 5.82 Å². The molecule has 9 heteroatoms. The minimum Gasteiger partial charge on any atom is -0.366 e. The zero-order valence-corrected chi connectivity index (χ0v) is 26.4. The van der Waals surface area contributed by atoms with Crippen LogP contribution in [0.1, 0.15) is 69.1 Å². The van der Waals surface area contributed by atoms with Gasteiger partial charge >= 0.3 is 5.76 Å². The van der Waals surface area contributed by atoms with E-state index in [2.05, 4.69) is 35.8 Å². The van der Waals surface area contributed by atoms with E-state index in [1.54, 1.807) is 0 Å². The molecule has 0 spiro atoms. The fourth-order valence-electron chi connectivity index (χ4n) is 5.99. The third-order valence-corrected chi connectivity index (χ3v) is 9.10. The Hall–Kier alpha value is -3.85. The molecule has 1 N–H and O–H groups in total. The number of unbranched alkanes of at least 4 members (excludes halogenated alkanes) is 1. The number of aromatic amines is 1. The molecule has 1 saturated heterocycles. The van der Waals surface area contributed by atoms with Crippen molar-refractivity contribution in [3.8, 4) is 22.5 Å². The van der Waals surface area contributed by atoms with Crippen molar-refractivity contribution < 1.29 is 4.52 Å². The van der Waals surface area contributed by atoms with Gasteiger partial charge in [-0.1, -0.05) is 93.1 Å². The lowest BCUT2D eigenvalue weighted by Gasteiger charge is -2.35. The van der Waals surface area contributed by atoms with Crippen LogP contribution >= 0.6 is 12.2 Å². The molecule has 0 saturated carbocycles. The van der Waals surface area contributed by atoms with Crippen LogP contribution < -0.4 is 11.3 Å². The van der Waals surface area contributed by atoms with E-state index in [1.807, 2.05) is 60.0 Å². The number of benzene rings is 2. The van der Waals surface area contributed by atoms with Gasteiger partial charge in [0.05, 0.1) is 11.5 Å². The third kappa shape index (κ3) is 7.04. The maximum absolute atomic E-state index is 14.0. The van der Waals surface area contributed by atoms with Crippen LogP contribution in [-0.2, 0) is 19.4 Å². The maximum atomic E-state index is 14.0. The molecule has 1 aliphatic rings. The number of piperidine rings is 1. The third-order valence-electron chi connectivity index (χ3n) is 8.69. The SMILES string of the molecule is CCCCc1nc(C)c(CC(=S)N2CCC(C(C)C)CC2)c(=O)n1Cc1ccc(-c2ccccc2-c2noc(=O)[nH]2)cc1. The molecule has 0 unspecified atom stereocenters. The first-order valence-electron chi connectivity index (χ1n) is 15.4. The average Bonchev–Trinajstić information content (AvgIpc) is 3.46. The number of nitrogens with zero attached hydrogens (tertiary/aromatic N) is 4. The molecule has 1 aliphatic heterocycles. The van der Waals surface area contributed by atoms with Crippen molar-refractivity contribution in [2.75, 3.05) is 13.1 Å². The van der Waals surface area contributed by atoms with Crippen molar-refractivity contribution >= 4 is 17.2 Å². The van der Waals surface area contributed by atoms with Crippen LogP contribution in [0, 0.1) is 18.8 Å². The molecule has 2 aromatic heterocycles. The van der Waals surface area contributed by atoms with Gasteiger partial charge in [-0.2, -0.15) is 0 Å². The fourth-order valence-corrected chi connectivity index (χ4v) is 6.31. The van der Waals surface area contributed by atoms with Gasteiger partial charge in [0.1, 0.15) is 5.82 Å². The van der Waals surface area contributed by atoms with Crippen LogP contribution in [0.25, 0.3) is 22.5 Å². The highest BCUT2D eigenvalue weighted by atomic mass is 32.1. The second-order valence-electron chi connectivity index (χ2n) is 11.9. The van der Waals surface area contributed by atoms with E-state index >= 15 is 0 Å². The summed E-state index contributed by atoms with van der Waals surface area (Å²) in [4.78, 5) is 36.3. The van der Waals surface area contributed by atoms with E-state index in [9.17, 15) is 9.59 Å². The van der Waals surface area contributed by atoms with Crippen LogP contribution in [0.3, 0.4) is 0 Å². The minimum absolute atomic E-state index is 0.00225. The van der Waals surface area contributed by atoms with Crippen LogP contribution in [0.2, 0.25) is 0 Å². The summed E-state index contributed by atoms with van der Waals surface area (Å²) in [6, 6.07) is 15.9. The molecular weight excluding hydrogens is 558 g/mol. The lowest BCUT2D eigenvalue weighted by atomic mass is 9.86. The molecule has 8 nitrogen and oxygen atoms in total. The number of H-pyrrole nitrogens is 1. The van der Waals surface area contributed by atoms with E-state index in [0.717, 1.165) is 89.9 Å². The Morgan fingerprint density at radius 2 is 1.77 bits per heavy atom. The molecule has 0 atom stereocenters. The second kappa shape index (κ2) is 13.6. The normalized spacial score (nSPS) is 14.0.